The molecule has 1 atom stereocenters. The van der Waals surface area contributed by atoms with Crippen LogP contribution >= 0.6 is 0 Å². The summed E-state index contributed by atoms with van der Waals surface area (Å²) in [5.74, 6) is -0.922. The third-order valence-corrected chi connectivity index (χ3v) is 3.16. The van der Waals surface area contributed by atoms with Gasteiger partial charge in [-0.15, -0.1) is 0 Å². The summed E-state index contributed by atoms with van der Waals surface area (Å²) in [5.41, 5.74) is 11.2. The van der Waals surface area contributed by atoms with Gasteiger partial charge in [-0.2, -0.15) is 5.43 Å². The summed E-state index contributed by atoms with van der Waals surface area (Å²) in [6, 6.07) is 3.48. The van der Waals surface area contributed by atoms with Gasteiger partial charge in [-0.3, -0.25) is 4.79 Å². The van der Waals surface area contributed by atoms with E-state index < -0.39 is 12.0 Å². The second kappa shape index (κ2) is 7.74. The number of carbonyl (C=O) groups is 1. The molecule has 0 fully saturated rings. The number of carboxylic acid groups (broad SMARTS) is 1. The Hall–Kier alpha value is -1.62. The summed E-state index contributed by atoms with van der Waals surface area (Å²) < 4.78 is 2.02. The number of hydrogen-bond acceptors (Lipinski definition) is 3. The number of nitrogens with zero attached hydrogens (tertiary/aromatic N) is 1. The molecule has 0 aromatic carbocycles. The molecule has 5 nitrogen and oxygen atoms in total. The second-order valence-electron chi connectivity index (χ2n) is 4.75. The lowest BCUT2D eigenvalue weighted by Gasteiger charge is -2.06. The topological polar surface area (TPSA) is 79.2 Å². The van der Waals surface area contributed by atoms with Crippen LogP contribution in [0, 0.1) is 6.92 Å². The van der Waals surface area contributed by atoms with Crippen molar-refractivity contribution in [2.75, 3.05) is 12.0 Å². The van der Waals surface area contributed by atoms with E-state index in [0.717, 1.165) is 31.5 Å². The fourth-order valence-corrected chi connectivity index (χ4v) is 1.81. The molecule has 19 heavy (non-hydrogen) atoms. The average molecular weight is 266 g/mol. The summed E-state index contributed by atoms with van der Waals surface area (Å²) in [4.78, 5) is 10.6. The van der Waals surface area contributed by atoms with Crippen molar-refractivity contribution >= 4 is 5.97 Å². The van der Waals surface area contributed by atoms with Crippen LogP contribution in [0.15, 0.2) is 18.3 Å². The standard InChI is InChI=1S/C14H23N3O2/c1-3-12-8-7-11(2)17(10-12)16-9-5-4-6-13(15)14(18)19/h7-8,10,13,16H,3-6,9,15H2,1-2H3/p+1/t13-/m0/s1. The van der Waals surface area contributed by atoms with Crippen LogP contribution in [-0.4, -0.2) is 23.7 Å². The number of rotatable bonds is 8. The van der Waals surface area contributed by atoms with E-state index in [-0.39, 0.29) is 0 Å². The van der Waals surface area contributed by atoms with E-state index in [1.54, 1.807) is 0 Å². The van der Waals surface area contributed by atoms with Crippen LogP contribution in [0.4, 0.5) is 0 Å². The number of aliphatic carboxylic acids is 1. The Balaban J connectivity index is 2.31. The zero-order valence-electron chi connectivity index (χ0n) is 11.7. The molecule has 0 aliphatic carbocycles. The van der Waals surface area contributed by atoms with E-state index >= 15 is 0 Å². The maximum absolute atomic E-state index is 10.6. The Bertz CT molecular complexity index is 421. The maximum atomic E-state index is 10.6. The number of aryl methyl sites for hydroxylation is 2. The molecule has 5 heteroatoms. The molecule has 0 radical (unpaired) electrons. The molecule has 0 unspecified atom stereocenters. The van der Waals surface area contributed by atoms with Crippen molar-refractivity contribution in [1.29, 1.82) is 0 Å². The number of pyridine rings is 1. The minimum atomic E-state index is -0.922. The number of nitrogens with two attached hydrogens (primary N) is 1. The van der Waals surface area contributed by atoms with E-state index in [9.17, 15) is 4.79 Å². The van der Waals surface area contributed by atoms with E-state index in [0.29, 0.717) is 6.42 Å². The van der Waals surface area contributed by atoms with Gasteiger partial charge in [0.1, 0.15) is 6.04 Å². The van der Waals surface area contributed by atoms with Gasteiger partial charge in [0.2, 0.25) is 11.9 Å². The van der Waals surface area contributed by atoms with Gasteiger partial charge in [-0.25, -0.2) is 0 Å². The van der Waals surface area contributed by atoms with Gasteiger partial charge in [-0.1, -0.05) is 11.6 Å². The van der Waals surface area contributed by atoms with Crippen LogP contribution in [-0.2, 0) is 11.2 Å². The van der Waals surface area contributed by atoms with Gasteiger partial charge in [-0.05, 0) is 31.7 Å². The first-order valence-corrected chi connectivity index (χ1v) is 6.78. The normalized spacial score (nSPS) is 12.2. The molecule has 4 N–H and O–H groups in total. The fraction of sp³-hybridized carbons (Fsp3) is 0.571. The maximum Gasteiger partial charge on any atom is 0.320 e. The number of hydrogen-bond donors (Lipinski definition) is 3. The number of unbranched alkanes of at least 4 members (excludes halogenated alkanes) is 1. The predicted molar refractivity (Wildman–Crippen MR) is 74.4 cm³/mol. The second-order valence-corrected chi connectivity index (χ2v) is 4.75. The van der Waals surface area contributed by atoms with Gasteiger partial charge >= 0.3 is 5.97 Å². The highest BCUT2D eigenvalue weighted by Gasteiger charge is 2.11. The Morgan fingerprint density at radius 2 is 2.21 bits per heavy atom. The zero-order valence-corrected chi connectivity index (χ0v) is 11.7. The first-order valence-electron chi connectivity index (χ1n) is 6.78. The molecule has 1 heterocycles. The van der Waals surface area contributed by atoms with Crippen LogP contribution in [0.1, 0.15) is 37.4 Å². The van der Waals surface area contributed by atoms with Crippen molar-refractivity contribution < 1.29 is 14.6 Å². The van der Waals surface area contributed by atoms with Gasteiger partial charge < -0.3 is 10.8 Å². The lowest BCUT2D eigenvalue weighted by Crippen LogP contribution is -2.48. The monoisotopic (exact) mass is 266 g/mol. The molecule has 0 saturated carbocycles. The molecule has 1 aromatic rings. The van der Waals surface area contributed by atoms with Crippen molar-refractivity contribution in [2.45, 2.75) is 45.6 Å². The van der Waals surface area contributed by atoms with Crippen LogP contribution < -0.4 is 15.8 Å². The lowest BCUT2D eigenvalue weighted by atomic mass is 10.1. The first kappa shape index (κ1) is 15.4. The highest BCUT2D eigenvalue weighted by molar-refractivity contribution is 5.72. The zero-order chi connectivity index (χ0) is 14.3. The molecule has 0 aliphatic heterocycles. The van der Waals surface area contributed by atoms with Crippen molar-refractivity contribution in [3.05, 3.63) is 29.6 Å². The van der Waals surface area contributed by atoms with E-state index in [4.69, 9.17) is 10.8 Å². The molecule has 1 rings (SSSR count). The third kappa shape index (κ3) is 5.26. The summed E-state index contributed by atoms with van der Waals surface area (Å²) in [7, 11) is 0. The third-order valence-electron chi connectivity index (χ3n) is 3.16. The largest absolute Gasteiger partial charge is 0.480 e. The number of aromatic nitrogens is 1. The van der Waals surface area contributed by atoms with E-state index in [1.807, 2.05) is 11.6 Å². The number of carboxylic acids is 1. The van der Waals surface area contributed by atoms with Crippen LogP contribution in [0.3, 0.4) is 0 Å². The van der Waals surface area contributed by atoms with E-state index in [1.165, 1.54) is 5.56 Å². The Morgan fingerprint density at radius 3 is 2.84 bits per heavy atom. The fourth-order valence-electron chi connectivity index (χ4n) is 1.81. The molecule has 106 valence electrons. The minimum absolute atomic E-state index is 0.523. The molecule has 0 saturated heterocycles. The molecule has 0 bridgehead atoms. The van der Waals surface area contributed by atoms with Gasteiger partial charge in [0, 0.05) is 18.6 Å². The van der Waals surface area contributed by atoms with Gasteiger partial charge in [0.05, 0.1) is 6.54 Å². The van der Waals surface area contributed by atoms with Crippen molar-refractivity contribution in [3.8, 4) is 0 Å². The Morgan fingerprint density at radius 1 is 1.47 bits per heavy atom. The molecule has 0 aliphatic rings. The molecular weight excluding hydrogens is 242 g/mol. The summed E-state index contributed by atoms with van der Waals surface area (Å²) in [5, 5.41) is 8.67. The molecule has 1 aromatic heterocycles. The number of nitrogens with one attached hydrogen (secondary N) is 1. The Kier molecular flexibility index (Phi) is 6.29. The molecular formula is C14H24N3O2+. The van der Waals surface area contributed by atoms with Gasteiger partial charge in [0.25, 0.3) is 0 Å². The summed E-state index contributed by atoms with van der Waals surface area (Å²) in [6.45, 7) is 4.99. The molecule has 0 spiro atoms. The predicted octanol–water partition coefficient (Wildman–Crippen LogP) is 0.971. The first-order chi connectivity index (χ1) is 9.04. The van der Waals surface area contributed by atoms with Crippen molar-refractivity contribution in [1.82, 2.24) is 0 Å². The van der Waals surface area contributed by atoms with Crippen molar-refractivity contribution in [2.24, 2.45) is 5.73 Å². The SMILES string of the molecule is CCc1ccc(C)[n+](NCCCC[C@H](N)C(=O)O)c1. The summed E-state index contributed by atoms with van der Waals surface area (Å²) >= 11 is 0. The average Bonchev–Trinajstić information content (AvgIpc) is 2.39. The van der Waals surface area contributed by atoms with E-state index in [2.05, 4.69) is 30.7 Å². The smallest absolute Gasteiger partial charge is 0.320 e. The Labute approximate surface area is 114 Å². The van der Waals surface area contributed by atoms with Crippen LogP contribution in [0.25, 0.3) is 0 Å². The van der Waals surface area contributed by atoms with Crippen LogP contribution in [0.5, 0.6) is 0 Å². The summed E-state index contributed by atoms with van der Waals surface area (Å²) in [6.07, 6.45) is 5.35. The molecule has 0 amide bonds. The highest BCUT2D eigenvalue weighted by Crippen LogP contribution is 2.00. The quantitative estimate of drug-likeness (QED) is 0.484. The highest BCUT2D eigenvalue weighted by atomic mass is 16.4. The van der Waals surface area contributed by atoms with Crippen LogP contribution in [0.2, 0.25) is 0 Å². The minimum Gasteiger partial charge on any atom is -0.480 e. The van der Waals surface area contributed by atoms with Gasteiger partial charge in [0.15, 0.2) is 0 Å². The van der Waals surface area contributed by atoms with Crippen molar-refractivity contribution in [3.63, 3.8) is 0 Å². The lowest BCUT2D eigenvalue weighted by molar-refractivity contribution is -0.656.